The van der Waals surface area contributed by atoms with E-state index < -0.39 is 0 Å². The molecule has 0 aromatic heterocycles. The van der Waals surface area contributed by atoms with Gasteiger partial charge in [-0.15, -0.1) is 0 Å². The van der Waals surface area contributed by atoms with E-state index in [-0.39, 0.29) is 24.8 Å². The van der Waals surface area contributed by atoms with Crippen molar-refractivity contribution in [3.63, 3.8) is 0 Å². The number of nitrogens with zero attached hydrogens (tertiary/aromatic N) is 2. The molecule has 0 N–H and O–H groups in total. The van der Waals surface area contributed by atoms with E-state index in [4.69, 9.17) is 18.9 Å². The van der Waals surface area contributed by atoms with E-state index >= 15 is 0 Å². The first-order valence-corrected chi connectivity index (χ1v) is 8.92. The molecule has 1 saturated heterocycles. The number of piperazine rings is 1. The molecule has 150 valence electrons. The zero-order valence-corrected chi connectivity index (χ0v) is 16.2. The summed E-state index contributed by atoms with van der Waals surface area (Å²) in [5, 5.41) is 0. The average molecular weight is 380 g/mol. The van der Waals surface area contributed by atoms with Crippen LogP contribution in [0.2, 0.25) is 0 Å². The van der Waals surface area contributed by atoms with Crippen molar-refractivity contribution < 1.29 is 28.5 Å². The molecule has 1 aliphatic heterocycles. The summed E-state index contributed by atoms with van der Waals surface area (Å²) in [5.74, 6) is 1.21. The Morgan fingerprint density at radius 3 is 2.11 bits per heavy atom. The van der Waals surface area contributed by atoms with Gasteiger partial charge in [0.15, 0.2) is 11.5 Å². The van der Waals surface area contributed by atoms with Crippen LogP contribution in [0.15, 0.2) is 18.2 Å². The third-order valence-corrected chi connectivity index (χ3v) is 4.45. The standard InChI is InChI=1S/C19H28N2O6/c1-24-10-11-27-14-19(23)21-8-6-20(7-9-21)18(22)13-15-4-5-16(25-2)17(12-15)26-3/h4-5,12H,6-11,13-14H2,1-3H3. The van der Waals surface area contributed by atoms with Gasteiger partial charge >= 0.3 is 0 Å². The van der Waals surface area contributed by atoms with Gasteiger partial charge in [-0.05, 0) is 17.7 Å². The van der Waals surface area contributed by atoms with E-state index in [2.05, 4.69) is 0 Å². The SMILES string of the molecule is COCCOCC(=O)N1CCN(C(=O)Cc2ccc(OC)c(OC)c2)CC1. The highest BCUT2D eigenvalue weighted by Gasteiger charge is 2.24. The van der Waals surface area contributed by atoms with Crippen LogP contribution in [0, 0.1) is 0 Å². The number of hydrogen-bond acceptors (Lipinski definition) is 6. The van der Waals surface area contributed by atoms with Crippen molar-refractivity contribution in [3.05, 3.63) is 23.8 Å². The topological polar surface area (TPSA) is 77.5 Å². The Kier molecular flexibility index (Phi) is 8.35. The van der Waals surface area contributed by atoms with Crippen molar-refractivity contribution in [2.45, 2.75) is 6.42 Å². The lowest BCUT2D eigenvalue weighted by atomic mass is 10.1. The van der Waals surface area contributed by atoms with Crippen LogP contribution < -0.4 is 9.47 Å². The summed E-state index contributed by atoms with van der Waals surface area (Å²) in [6.45, 7) is 2.99. The van der Waals surface area contributed by atoms with E-state index in [0.717, 1.165) is 5.56 Å². The molecule has 0 saturated carbocycles. The number of benzene rings is 1. The quantitative estimate of drug-likeness (QED) is 0.584. The molecule has 8 nitrogen and oxygen atoms in total. The van der Waals surface area contributed by atoms with Crippen LogP contribution in [0.3, 0.4) is 0 Å². The smallest absolute Gasteiger partial charge is 0.248 e. The maximum Gasteiger partial charge on any atom is 0.248 e. The molecule has 27 heavy (non-hydrogen) atoms. The minimum atomic E-state index is -0.0573. The second-order valence-corrected chi connectivity index (χ2v) is 6.17. The minimum absolute atomic E-state index is 0.0330. The van der Waals surface area contributed by atoms with E-state index in [1.165, 1.54) is 0 Å². The molecule has 0 radical (unpaired) electrons. The van der Waals surface area contributed by atoms with Gasteiger partial charge in [0.2, 0.25) is 11.8 Å². The maximum atomic E-state index is 12.6. The molecule has 0 bridgehead atoms. The molecular formula is C19H28N2O6. The first-order valence-electron chi connectivity index (χ1n) is 8.92. The molecule has 8 heteroatoms. The number of rotatable bonds is 9. The summed E-state index contributed by atoms with van der Waals surface area (Å²) in [6, 6.07) is 5.46. The zero-order chi connectivity index (χ0) is 19.6. The Balaban J connectivity index is 1.80. The number of ether oxygens (including phenoxy) is 4. The van der Waals surface area contributed by atoms with Gasteiger partial charge in [0.05, 0.1) is 33.9 Å². The fourth-order valence-corrected chi connectivity index (χ4v) is 2.88. The molecular weight excluding hydrogens is 352 g/mol. The summed E-state index contributed by atoms with van der Waals surface area (Å²) >= 11 is 0. The largest absolute Gasteiger partial charge is 0.493 e. The van der Waals surface area contributed by atoms with Gasteiger partial charge in [0.25, 0.3) is 0 Å². The highest BCUT2D eigenvalue weighted by atomic mass is 16.5. The highest BCUT2D eigenvalue weighted by molar-refractivity contribution is 5.80. The summed E-state index contributed by atoms with van der Waals surface area (Å²) < 4.78 is 20.6. The number of carbonyl (C=O) groups excluding carboxylic acids is 2. The normalized spacial score (nSPS) is 14.2. The number of amides is 2. The van der Waals surface area contributed by atoms with Crippen LogP contribution in [-0.4, -0.2) is 88.9 Å². The molecule has 1 aliphatic rings. The molecule has 1 fully saturated rings. The lowest BCUT2D eigenvalue weighted by molar-refractivity contribution is -0.142. The van der Waals surface area contributed by atoms with Crippen molar-refractivity contribution in [1.29, 1.82) is 0 Å². The number of carbonyl (C=O) groups is 2. The van der Waals surface area contributed by atoms with Crippen molar-refractivity contribution in [2.75, 3.05) is 67.3 Å². The lowest BCUT2D eigenvalue weighted by Gasteiger charge is -2.34. The van der Waals surface area contributed by atoms with Gasteiger partial charge in [0.1, 0.15) is 6.61 Å². The molecule has 0 unspecified atom stereocenters. The Morgan fingerprint density at radius 1 is 0.889 bits per heavy atom. The van der Waals surface area contributed by atoms with Crippen molar-refractivity contribution in [2.24, 2.45) is 0 Å². The van der Waals surface area contributed by atoms with E-state index in [9.17, 15) is 9.59 Å². The average Bonchev–Trinajstić information content (AvgIpc) is 2.71. The van der Waals surface area contributed by atoms with Crippen molar-refractivity contribution in [1.82, 2.24) is 9.80 Å². The van der Waals surface area contributed by atoms with E-state index in [1.807, 2.05) is 12.1 Å². The second-order valence-electron chi connectivity index (χ2n) is 6.17. The van der Waals surface area contributed by atoms with Gasteiger partial charge in [-0.2, -0.15) is 0 Å². The monoisotopic (exact) mass is 380 g/mol. The van der Waals surface area contributed by atoms with E-state index in [1.54, 1.807) is 37.2 Å². The Hall–Kier alpha value is -2.32. The van der Waals surface area contributed by atoms with Crippen LogP contribution in [0.5, 0.6) is 11.5 Å². The molecule has 1 heterocycles. The third-order valence-electron chi connectivity index (χ3n) is 4.45. The molecule has 1 aromatic carbocycles. The summed E-state index contributed by atoms with van der Waals surface area (Å²) in [6.07, 6.45) is 0.286. The maximum absolute atomic E-state index is 12.6. The molecule has 1 aromatic rings. The number of hydrogen-bond donors (Lipinski definition) is 0. The first-order chi connectivity index (χ1) is 13.1. The minimum Gasteiger partial charge on any atom is -0.493 e. The van der Waals surface area contributed by atoms with Gasteiger partial charge in [0, 0.05) is 33.3 Å². The van der Waals surface area contributed by atoms with Gasteiger partial charge < -0.3 is 28.7 Å². The van der Waals surface area contributed by atoms with Gasteiger partial charge in [-0.3, -0.25) is 9.59 Å². The zero-order valence-electron chi connectivity index (χ0n) is 16.2. The predicted octanol–water partition coefficient (Wildman–Crippen LogP) is 0.580. The van der Waals surface area contributed by atoms with Crippen LogP contribution >= 0.6 is 0 Å². The Labute approximate surface area is 159 Å². The van der Waals surface area contributed by atoms with Gasteiger partial charge in [-0.25, -0.2) is 0 Å². The second kappa shape index (κ2) is 10.7. The lowest BCUT2D eigenvalue weighted by Crippen LogP contribution is -2.51. The first kappa shape index (κ1) is 21.0. The highest BCUT2D eigenvalue weighted by Crippen LogP contribution is 2.27. The summed E-state index contributed by atoms with van der Waals surface area (Å²) in [5.41, 5.74) is 0.864. The Bertz CT molecular complexity index is 629. The molecule has 2 amide bonds. The van der Waals surface area contributed by atoms with Crippen LogP contribution in [-0.2, 0) is 25.5 Å². The third kappa shape index (κ3) is 6.11. The molecule has 2 rings (SSSR count). The molecule has 0 aliphatic carbocycles. The van der Waals surface area contributed by atoms with Gasteiger partial charge in [-0.1, -0.05) is 6.07 Å². The van der Waals surface area contributed by atoms with Crippen molar-refractivity contribution in [3.8, 4) is 11.5 Å². The molecule has 0 atom stereocenters. The van der Waals surface area contributed by atoms with Crippen LogP contribution in [0.1, 0.15) is 5.56 Å². The van der Waals surface area contributed by atoms with Crippen LogP contribution in [0.25, 0.3) is 0 Å². The van der Waals surface area contributed by atoms with Crippen LogP contribution in [0.4, 0.5) is 0 Å². The summed E-state index contributed by atoms with van der Waals surface area (Å²) in [4.78, 5) is 28.2. The van der Waals surface area contributed by atoms with Crippen molar-refractivity contribution >= 4 is 11.8 Å². The fraction of sp³-hybridized carbons (Fsp3) is 0.579. The fourth-order valence-electron chi connectivity index (χ4n) is 2.88. The molecule has 0 spiro atoms. The predicted molar refractivity (Wildman–Crippen MR) is 99.1 cm³/mol. The van der Waals surface area contributed by atoms with E-state index in [0.29, 0.717) is 50.9 Å². The summed E-state index contributed by atoms with van der Waals surface area (Å²) in [7, 11) is 4.73. The Morgan fingerprint density at radius 2 is 1.52 bits per heavy atom. The number of methoxy groups -OCH3 is 3.